The van der Waals surface area contributed by atoms with Gasteiger partial charge in [0.05, 0.1) is 12.2 Å². The van der Waals surface area contributed by atoms with Gasteiger partial charge in [0.15, 0.2) is 0 Å². The van der Waals surface area contributed by atoms with Crippen molar-refractivity contribution in [3.63, 3.8) is 0 Å². The van der Waals surface area contributed by atoms with Gasteiger partial charge < -0.3 is 19.2 Å². The smallest absolute Gasteiger partial charge is 0.251 e. The number of imidazole rings is 1. The van der Waals surface area contributed by atoms with Crippen molar-refractivity contribution in [3.05, 3.63) is 95.4 Å². The van der Waals surface area contributed by atoms with Gasteiger partial charge in [-0.25, -0.2) is 4.98 Å². The maximum Gasteiger partial charge on any atom is 0.251 e. The molecule has 0 fully saturated rings. The summed E-state index contributed by atoms with van der Waals surface area (Å²) in [7, 11) is 0. The first kappa shape index (κ1) is 20.5. The largest absolute Gasteiger partial charge is 0.492 e. The van der Waals surface area contributed by atoms with Gasteiger partial charge in [0.1, 0.15) is 30.4 Å². The Morgan fingerprint density at radius 1 is 0.935 bits per heavy atom. The number of nitrogens with one attached hydrogen (secondary N) is 1. The zero-order chi connectivity index (χ0) is 21.6. The van der Waals surface area contributed by atoms with Crippen LogP contribution in [0.3, 0.4) is 0 Å². The number of amides is 1. The van der Waals surface area contributed by atoms with Crippen LogP contribution in [-0.4, -0.2) is 28.4 Å². The van der Waals surface area contributed by atoms with Crippen molar-refractivity contribution in [1.29, 1.82) is 0 Å². The SMILES string of the molecule is Cc1cccc(OCCNC(=O)c2ccc(OCc3cn4cc(C)ccc4n3)cc2)c1. The van der Waals surface area contributed by atoms with E-state index in [2.05, 4.69) is 10.3 Å². The number of benzene rings is 2. The maximum atomic E-state index is 12.3. The number of carbonyl (C=O) groups is 1. The van der Waals surface area contributed by atoms with Gasteiger partial charge in [-0.2, -0.15) is 0 Å². The van der Waals surface area contributed by atoms with Crippen molar-refractivity contribution in [2.45, 2.75) is 20.5 Å². The second-order valence-electron chi connectivity index (χ2n) is 7.44. The Hall–Kier alpha value is -3.80. The molecule has 0 unspecified atom stereocenters. The summed E-state index contributed by atoms with van der Waals surface area (Å²) in [6.07, 6.45) is 3.99. The third-order valence-electron chi connectivity index (χ3n) is 4.80. The number of rotatable bonds is 8. The molecule has 4 aromatic rings. The van der Waals surface area contributed by atoms with Crippen LogP contribution in [0.2, 0.25) is 0 Å². The Morgan fingerprint density at radius 2 is 1.77 bits per heavy atom. The molecule has 1 N–H and O–H groups in total. The van der Waals surface area contributed by atoms with Crippen molar-refractivity contribution >= 4 is 11.6 Å². The Bertz CT molecular complexity index is 1180. The molecule has 1 amide bonds. The van der Waals surface area contributed by atoms with Crippen LogP contribution in [0, 0.1) is 13.8 Å². The van der Waals surface area contributed by atoms with E-state index in [0.29, 0.717) is 31.1 Å². The third-order valence-corrected chi connectivity index (χ3v) is 4.80. The van der Waals surface area contributed by atoms with Crippen LogP contribution in [0.1, 0.15) is 27.2 Å². The molecule has 0 saturated heterocycles. The van der Waals surface area contributed by atoms with Gasteiger partial charge in [-0.1, -0.05) is 18.2 Å². The number of aryl methyl sites for hydroxylation is 2. The highest BCUT2D eigenvalue weighted by atomic mass is 16.5. The number of hydrogen-bond donors (Lipinski definition) is 1. The van der Waals surface area contributed by atoms with E-state index in [-0.39, 0.29) is 5.91 Å². The fraction of sp³-hybridized carbons (Fsp3) is 0.200. The average Bonchev–Trinajstić information content (AvgIpc) is 3.17. The predicted molar refractivity (Wildman–Crippen MR) is 120 cm³/mol. The summed E-state index contributed by atoms with van der Waals surface area (Å²) < 4.78 is 13.5. The molecule has 0 spiro atoms. The number of pyridine rings is 1. The molecule has 0 aliphatic heterocycles. The van der Waals surface area contributed by atoms with Crippen molar-refractivity contribution in [3.8, 4) is 11.5 Å². The first-order valence-electron chi connectivity index (χ1n) is 10.2. The van der Waals surface area contributed by atoms with Gasteiger partial charge in [-0.15, -0.1) is 0 Å². The minimum absolute atomic E-state index is 0.143. The van der Waals surface area contributed by atoms with Crippen LogP contribution < -0.4 is 14.8 Å². The van der Waals surface area contributed by atoms with Crippen LogP contribution in [0.15, 0.2) is 73.1 Å². The molecule has 6 nitrogen and oxygen atoms in total. The van der Waals surface area contributed by atoms with Crippen LogP contribution in [0.5, 0.6) is 11.5 Å². The highest BCUT2D eigenvalue weighted by Gasteiger charge is 2.07. The third kappa shape index (κ3) is 5.42. The summed E-state index contributed by atoms with van der Waals surface area (Å²) in [5, 5.41) is 2.86. The van der Waals surface area contributed by atoms with E-state index in [1.54, 1.807) is 24.3 Å². The second kappa shape index (κ2) is 9.34. The highest BCUT2D eigenvalue weighted by molar-refractivity contribution is 5.94. The van der Waals surface area contributed by atoms with Gasteiger partial charge in [0, 0.05) is 18.0 Å². The quantitative estimate of drug-likeness (QED) is 0.435. The second-order valence-corrected chi connectivity index (χ2v) is 7.44. The highest BCUT2D eigenvalue weighted by Crippen LogP contribution is 2.15. The average molecular weight is 415 g/mol. The summed E-state index contributed by atoms with van der Waals surface area (Å²) in [6, 6.07) is 18.9. The van der Waals surface area contributed by atoms with E-state index in [9.17, 15) is 4.79 Å². The van der Waals surface area contributed by atoms with Gasteiger partial charge in [-0.3, -0.25) is 4.79 Å². The fourth-order valence-corrected chi connectivity index (χ4v) is 3.23. The minimum Gasteiger partial charge on any atom is -0.492 e. The van der Waals surface area contributed by atoms with Gasteiger partial charge in [0.2, 0.25) is 0 Å². The summed E-state index contributed by atoms with van der Waals surface area (Å²) in [6.45, 7) is 5.26. The first-order valence-corrected chi connectivity index (χ1v) is 10.2. The molecular formula is C25H25N3O3. The van der Waals surface area contributed by atoms with Crippen molar-refractivity contribution in [2.24, 2.45) is 0 Å². The summed E-state index contributed by atoms with van der Waals surface area (Å²) in [5.74, 6) is 1.35. The van der Waals surface area contributed by atoms with E-state index >= 15 is 0 Å². The molecule has 4 rings (SSSR count). The number of hydrogen-bond acceptors (Lipinski definition) is 4. The first-order chi connectivity index (χ1) is 15.1. The predicted octanol–water partition coefficient (Wildman–Crippen LogP) is 4.34. The Balaban J connectivity index is 1.24. The van der Waals surface area contributed by atoms with E-state index in [1.807, 2.05) is 67.0 Å². The Kier molecular flexibility index (Phi) is 6.17. The molecular weight excluding hydrogens is 390 g/mol. The zero-order valence-electron chi connectivity index (χ0n) is 17.7. The fourth-order valence-electron chi connectivity index (χ4n) is 3.23. The number of ether oxygens (including phenoxy) is 2. The van der Waals surface area contributed by atoms with Crippen LogP contribution in [-0.2, 0) is 6.61 Å². The van der Waals surface area contributed by atoms with E-state index in [1.165, 1.54) is 5.56 Å². The molecule has 0 aliphatic rings. The van der Waals surface area contributed by atoms with E-state index in [4.69, 9.17) is 9.47 Å². The monoisotopic (exact) mass is 415 g/mol. The molecule has 0 aliphatic carbocycles. The molecule has 2 heterocycles. The maximum absolute atomic E-state index is 12.3. The van der Waals surface area contributed by atoms with Crippen LogP contribution >= 0.6 is 0 Å². The molecule has 158 valence electrons. The lowest BCUT2D eigenvalue weighted by Gasteiger charge is -2.09. The molecule has 2 aromatic heterocycles. The number of fused-ring (bicyclic) bond motifs is 1. The molecule has 0 atom stereocenters. The number of carbonyl (C=O) groups excluding carboxylic acids is 1. The van der Waals surface area contributed by atoms with Crippen LogP contribution in [0.25, 0.3) is 5.65 Å². The summed E-state index contributed by atoms with van der Waals surface area (Å²) in [5.41, 5.74) is 4.63. The topological polar surface area (TPSA) is 64.9 Å². The Labute approximate surface area is 181 Å². The van der Waals surface area contributed by atoms with Crippen molar-refractivity contribution < 1.29 is 14.3 Å². The van der Waals surface area contributed by atoms with E-state index in [0.717, 1.165) is 22.7 Å². The van der Waals surface area contributed by atoms with Gasteiger partial charge in [-0.05, 0) is 67.4 Å². The lowest BCUT2D eigenvalue weighted by Crippen LogP contribution is -2.28. The van der Waals surface area contributed by atoms with Crippen LogP contribution in [0.4, 0.5) is 0 Å². The van der Waals surface area contributed by atoms with Gasteiger partial charge >= 0.3 is 0 Å². The number of aromatic nitrogens is 2. The van der Waals surface area contributed by atoms with Crippen molar-refractivity contribution in [2.75, 3.05) is 13.2 Å². The van der Waals surface area contributed by atoms with E-state index < -0.39 is 0 Å². The van der Waals surface area contributed by atoms with Crippen molar-refractivity contribution in [1.82, 2.24) is 14.7 Å². The molecule has 0 saturated carbocycles. The number of nitrogens with zero attached hydrogens (tertiary/aromatic N) is 2. The normalized spacial score (nSPS) is 10.8. The van der Waals surface area contributed by atoms with Gasteiger partial charge in [0.25, 0.3) is 5.91 Å². The Morgan fingerprint density at radius 3 is 2.58 bits per heavy atom. The molecule has 0 radical (unpaired) electrons. The molecule has 0 bridgehead atoms. The summed E-state index contributed by atoms with van der Waals surface area (Å²) in [4.78, 5) is 16.9. The standard InChI is InChI=1S/C25H25N3O3/c1-18-4-3-5-23(14-18)30-13-12-26-25(29)20-7-9-22(10-8-20)31-17-21-16-28-15-19(2)6-11-24(28)27-21/h3-11,14-16H,12-13,17H2,1-2H3,(H,26,29). The lowest BCUT2D eigenvalue weighted by atomic mass is 10.2. The molecule has 6 heteroatoms. The summed E-state index contributed by atoms with van der Waals surface area (Å²) >= 11 is 0. The minimum atomic E-state index is -0.143. The molecule has 2 aromatic carbocycles. The lowest BCUT2D eigenvalue weighted by molar-refractivity contribution is 0.0947. The zero-order valence-corrected chi connectivity index (χ0v) is 17.7. The molecule has 31 heavy (non-hydrogen) atoms.